The molecule has 23 heavy (non-hydrogen) atoms. The molecule has 124 valence electrons. The second-order valence-electron chi connectivity index (χ2n) is 6.08. The predicted molar refractivity (Wildman–Crippen MR) is 88.3 cm³/mol. The van der Waals surface area contributed by atoms with E-state index in [2.05, 4.69) is 19.8 Å². The Morgan fingerprint density at radius 1 is 1.35 bits per heavy atom. The number of aliphatic hydroxyl groups is 1. The lowest BCUT2D eigenvalue weighted by Gasteiger charge is -2.41. The summed E-state index contributed by atoms with van der Waals surface area (Å²) in [5.41, 5.74) is 1.89. The summed E-state index contributed by atoms with van der Waals surface area (Å²) in [5, 5.41) is 9.42. The fraction of sp³-hybridized carbons (Fsp3) is 0.529. The Kier molecular flexibility index (Phi) is 4.93. The fourth-order valence-electron chi connectivity index (χ4n) is 3.14. The van der Waals surface area contributed by atoms with Crippen LogP contribution in [0.4, 0.5) is 5.82 Å². The van der Waals surface area contributed by atoms with Crippen LogP contribution in [0.1, 0.15) is 23.6 Å². The van der Waals surface area contributed by atoms with Gasteiger partial charge >= 0.3 is 0 Å². The molecule has 3 rings (SSSR count). The molecule has 0 bridgehead atoms. The number of aliphatic hydroxyl groups excluding tert-OH is 1. The summed E-state index contributed by atoms with van der Waals surface area (Å²) >= 11 is 0. The number of nitrogens with zero attached hydrogens (tertiary/aromatic N) is 4. The Hall–Kier alpha value is -1.92. The van der Waals surface area contributed by atoms with Gasteiger partial charge in [-0.05, 0) is 32.4 Å². The van der Waals surface area contributed by atoms with Gasteiger partial charge in [0.25, 0.3) is 0 Å². The highest BCUT2D eigenvalue weighted by molar-refractivity contribution is 5.44. The number of hydrogen-bond acceptors (Lipinski definition) is 6. The summed E-state index contributed by atoms with van der Waals surface area (Å²) in [7, 11) is 0. The summed E-state index contributed by atoms with van der Waals surface area (Å²) in [4.78, 5) is 13.7. The molecule has 2 aromatic heterocycles. The van der Waals surface area contributed by atoms with Crippen molar-refractivity contribution in [2.75, 3.05) is 31.1 Å². The van der Waals surface area contributed by atoms with Gasteiger partial charge in [0.05, 0.1) is 24.2 Å². The van der Waals surface area contributed by atoms with Crippen molar-refractivity contribution >= 4 is 5.82 Å². The van der Waals surface area contributed by atoms with Crippen LogP contribution >= 0.6 is 0 Å². The molecular formula is C17H24N4O2. The standard InChI is InChI=1S/C17H24N4O2/c1-13-10-18-14(2)17(19-13)21-7-6-20(15(11-21)5-8-22)12-16-4-3-9-23-16/h3-4,9-10,15,22H,5-8,11-12H2,1-2H3/t15-/m0/s1. The van der Waals surface area contributed by atoms with Crippen LogP contribution in [0.5, 0.6) is 0 Å². The van der Waals surface area contributed by atoms with Crippen molar-refractivity contribution in [3.63, 3.8) is 0 Å². The lowest BCUT2D eigenvalue weighted by atomic mass is 10.1. The zero-order valence-corrected chi connectivity index (χ0v) is 13.8. The molecule has 1 atom stereocenters. The Morgan fingerprint density at radius 2 is 2.22 bits per heavy atom. The van der Waals surface area contributed by atoms with E-state index in [1.54, 1.807) is 12.5 Å². The molecule has 1 N–H and O–H groups in total. The van der Waals surface area contributed by atoms with Gasteiger partial charge in [0, 0.05) is 38.5 Å². The number of anilines is 1. The summed E-state index contributed by atoms with van der Waals surface area (Å²) in [6.45, 7) is 7.60. The molecule has 0 spiro atoms. The Labute approximate surface area is 136 Å². The van der Waals surface area contributed by atoms with Crippen LogP contribution in [0.3, 0.4) is 0 Å². The molecule has 1 aliphatic heterocycles. The van der Waals surface area contributed by atoms with Gasteiger partial charge in [-0.1, -0.05) is 0 Å². The summed E-state index contributed by atoms with van der Waals surface area (Å²) < 4.78 is 5.47. The van der Waals surface area contributed by atoms with Crippen molar-refractivity contribution < 1.29 is 9.52 Å². The predicted octanol–water partition coefficient (Wildman–Crippen LogP) is 1.76. The highest BCUT2D eigenvalue weighted by atomic mass is 16.3. The first kappa shape index (κ1) is 16.0. The number of aryl methyl sites for hydroxylation is 2. The SMILES string of the molecule is Cc1cnc(C)c(N2CCN(Cc3ccco3)[C@@H](CCO)C2)n1. The summed E-state index contributed by atoms with van der Waals surface area (Å²) in [5.74, 6) is 1.93. The van der Waals surface area contributed by atoms with E-state index >= 15 is 0 Å². The van der Waals surface area contributed by atoms with E-state index in [9.17, 15) is 5.11 Å². The van der Waals surface area contributed by atoms with E-state index in [1.165, 1.54) is 0 Å². The number of piperazine rings is 1. The number of hydrogen-bond donors (Lipinski definition) is 1. The molecule has 0 unspecified atom stereocenters. The minimum atomic E-state index is 0.186. The molecule has 0 aliphatic carbocycles. The van der Waals surface area contributed by atoms with Gasteiger partial charge in [-0.2, -0.15) is 0 Å². The second kappa shape index (κ2) is 7.10. The van der Waals surface area contributed by atoms with Gasteiger partial charge in [-0.15, -0.1) is 0 Å². The van der Waals surface area contributed by atoms with Crippen LogP contribution in [-0.2, 0) is 6.54 Å². The van der Waals surface area contributed by atoms with E-state index < -0.39 is 0 Å². The van der Waals surface area contributed by atoms with Gasteiger partial charge in [0.1, 0.15) is 11.6 Å². The average Bonchev–Trinajstić information content (AvgIpc) is 3.05. The topological polar surface area (TPSA) is 65.6 Å². The van der Waals surface area contributed by atoms with Crippen LogP contribution in [0.25, 0.3) is 0 Å². The highest BCUT2D eigenvalue weighted by Crippen LogP contribution is 2.22. The van der Waals surface area contributed by atoms with E-state index in [1.807, 2.05) is 26.0 Å². The molecule has 0 aromatic carbocycles. The van der Waals surface area contributed by atoms with Crippen LogP contribution in [0.15, 0.2) is 29.0 Å². The van der Waals surface area contributed by atoms with Crippen molar-refractivity contribution in [3.8, 4) is 0 Å². The second-order valence-corrected chi connectivity index (χ2v) is 6.08. The average molecular weight is 316 g/mol. The van der Waals surface area contributed by atoms with Gasteiger partial charge < -0.3 is 14.4 Å². The minimum Gasteiger partial charge on any atom is -0.468 e. The first-order valence-corrected chi connectivity index (χ1v) is 8.10. The number of aromatic nitrogens is 2. The maximum absolute atomic E-state index is 9.42. The lowest BCUT2D eigenvalue weighted by Crippen LogP contribution is -2.53. The summed E-state index contributed by atoms with van der Waals surface area (Å²) in [6.07, 6.45) is 4.25. The fourth-order valence-corrected chi connectivity index (χ4v) is 3.14. The minimum absolute atomic E-state index is 0.186. The van der Waals surface area contributed by atoms with Crippen LogP contribution in [0, 0.1) is 13.8 Å². The Balaban J connectivity index is 1.74. The zero-order chi connectivity index (χ0) is 16.2. The van der Waals surface area contributed by atoms with Gasteiger partial charge in [0.2, 0.25) is 0 Å². The molecule has 6 nitrogen and oxygen atoms in total. The first-order valence-electron chi connectivity index (χ1n) is 8.10. The highest BCUT2D eigenvalue weighted by Gasteiger charge is 2.28. The smallest absolute Gasteiger partial charge is 0.150 e. The van der Waals surface area contributed by atoms with Crippen LogP contribution in [0.2, 0.25) is 0 Å². The molecule has 3 heterocycles. The maximum atomic E-state index is 9.42. The normalized spacial score (nSPS) is 19.3. The molecule has 1 aliphatic rings. The summed E-state index contributed by atoms with van der Waals surface area (Å²) in [6, 6.07) is 4.19. The van der Waals surface area contributed by atoms with E-state index in [0.29, 0.717) is 0 Å². The third-order valence-electron chi connectivity index (χ3n) is 4.36. The Bertz CT molecular complexity index is 630. The van der Waals surface area contributed by atoms with Crippen molar-refractivity contribution in [2.24, 2.45) is 0 Å². The first-order chi connectivity index (χ1) is 11.2. The van der Waals surface area contributed by atoms with Crippen molar-refractivity contribution in [2.45, 2.75) is 32.9 Å². The molecule has 6 heteroatoms. The maximum Gasteiger partial charge on any atom is 0.150 e. The molecule has 1 fully saturated rings. The number of furan rings is 1. The van der Waals surface area contributed by atoms with Gasteiger partial charge in [-0.3, -0.25) is 9.88 Å². The van der Waals surface area contributed by atoms with E-state index in [-0.39, 0.29) is 12.6 Å². The largest absolute Gasteiger partial charge is 0.468 e. The molecule has 1 saturated heterocycles. The Morgan fingerprint density at radius 3 is 2.96 bits per heavy atom. The van der Waals surface area contributed by atoms with Crippen molar-refractivity contribution in [1.29, 1.82) is 0 Å². The number of rotatable bonds is 5. The van der Waals surface area contributed by atoms with Crippen LogP contribution < -0.4 is 4.90 Å². The van der Waals surface area contributed by atoms with Crippen molar-refractivity contribution in [1.82, 2.24) is 14.9 Å². The quantitative estimate of drug-likeness (QED) is 0.907. The molecule has 0 amide bonds. The van der Waals surface area contributed by atoms with Crippen LogP contribution in [-0.4, -0.2) is 52.3 Å². The molecule has 0 radical (unpaired) electrons. The third kappa shape index (κ3) is 3.71. The van der Waals surface area contributed by atoms with Gasteiger partial charge in [0.15, 0.2) is 0 Å². The van der Waals surface area contributed by atoms with E-state index in [4.69, 9.17) is 4.42 Å². The molecule has 0 saturated carbocycles. The third-order valence-corrected chi connectivity index (χ3v) is 4.36. The monoisotopic (exact) mass is 316 g/mol. The molecule has 2 aromatic rings. The molecular weight excluding hydrogens is 292 g/mol. The van der Waals surface area contributed by atoms with Gasteiger partial charge in [-0.25, -0.2) is 4.98 Å². The van der Waals surface area contributed by atoms with Crippen molar-refractivity contribution in [3.05, 3.63) is 41.7 Å². The zero-order valence-electron chi connectivity index (χ0n) is 13.8. The lowest BCUT2D eigenvalue weighted by molar-refractivity contribution is 0.127. The van der Waals surface area contributed by atoms with E-state index in [0.717, 1.165) is 55.6 Å².